The third kappa shape index (κ3) is 3.18. The van der Waals surface area contributed by atoms with Gasteiger partial charge < -0.3 is 15.0 Å². The Balaban J connectivity index is 0.000000902. The number of aromatic nitrogens is 3. The number of methoxy groups -OCH3 is 1. The van der Waals surface area contributed by atoms with Crippen molar-refractivity contribution in [3.8, 4) is 17.3 Å². The number of ether oxygens (including phenoxy) is 1. The molecule has 0 radical (unpaired) electrons. The van der Waals surface area contributed by atoms with Gasteiger partial charge in [-0.15, -0.1) is 24.8 Å². The lowest BCUT2D eigenvalue weighted by molar-refractivity contribution is 0.398. The van der Waals surface area contributed by atoms with E-state index in [9.17, 15) is 0 Å². The molecule has 0 bridgehead atoms. The summed E-state index contributed by atoms with van der Waals surface area (Å²) < 4.78 is 5.03. The predicted octanol–water partition coefficient (Wildman–Crippen LogP) is 1.97. The molecule has 0 saturated carbocycles. The van der Waals surface area contributed by atoms with Crippen molar-refractivity contribution in [2.75, 3.05) is 13.7 Å². The molecule has 0 atom stereocenters. The third-order valence-electron chi connectivity index (χ3n) is 2.92. The normalized spacial score (nSPS) is 12.9. The van der Waals surface area contributed by atoms with E-state index in [1.54, 1.807) is 13.3 Å². The molecule has 0 spiro atoms. The zero-order valence-electron chi connectivity index (χ0n) is 10.5. The molecule has 1 aliphatic heterocycles. The van der Waals surface area contributed by atoms with Crippen molar-refractivity contribution < 1.29 is 4.74 Å². The topological polar surface area (TPSA) is 62.8 Å². The van der Waals surface area contributed by atoms with Crippen LogP contribution < -0.4 is 10.1 Å². The van der Waals surface area contributed by atoms with E-state index in [1.165, 1.54) is 5.69 Å². The van der Waals surface area contributed by atoms with Gasteiger partial charge >= 0.3 is 0 Å². The third-order valence-corrected chi connectivity index (χ3v) is 2.92. The Bertz CT molecular complexity index is 504. The smallest absolute Gasteiger partial charge is 0.212 e. The number of rotatable bonds is 2. The van der Waals surface area contributed by atoms with Crippen molar-refractivity contribution in [3.05, 3.63) is 29.7 Å². The second-order valence-electron chi connectivity index (χ2n) is 4.03. The summed E-state index contributed by atoms with van der Waals surface area (Å²) in [5.41, 5.74) is 3.33. The summed E-state index contributed by atoms with van der Waals surface area (Å²) in [5, 5.41) is 3.32. The average Bonchev–Trinajstić information content (AvgIpc) is 2.82. The second kappa shape index (κ2) is 6.75. The van der Waals surface area contributed by atoms with E-state index < -0.39 is 0 Å². The number of hydrogen-bond donors (Lipinski definition) is 2. The first-order chi connectivity index (χ1) is 8.36. The number of imidazole rings is 1. The summed E-state index contributed by atoms with van der Waals surface area (Å²) in [6, 6.07) is 3.80. The minimum atomic E-state index is 0. The molecular weight excluding hydrogens is 287 g/mol. The van der Waals surface area contributed by atoms with E-state index in [4.69, 9.17) is 4.74 Å². The zero-order valence-corrected chi connectivity index (χ0v) is 12.1. The zero-order chi connectivity index (χ0) is 11.7. The van der Waals surface area contributed by atoms with E-state index in [2.05, 4.69) is 20.3 Å². The van der Waals surface area contributed by atoms with E-state index in [-0.39, 0.29) is 24.8 Å². The Morgan fingerprint density at radius 1 is 1.26 bits per heavy atom. The average molecular weight is 303 g/mol. The number of aromatic amines is 1. The van der Waals surface area contributed by atoms with E-state index in [0.29, 0.717) is 5.88 Å². The van der Waals surface area contributed by atoms with Crippen LogP contribution in [0.5, 0.6) is 5.88 Å². The molecule has 0 fully saturated rings. The van der Waals surface area contributed by atoms with Crippen LogP contribution in [0.4, 0.5) is 0 Å². The molecule has 19 heavy (non-hydrogen) atoms. The number of nitrogens with one attached hydrogen (secondary N) is 2. The van der Waals surface area contributed by atoms with E-state index >= 15 is 0 Å². The van der Waals surface area contributed by atoms with Gasteiger partial charge in [-0.3, -0.25) is 0 Å². The summed E-state index contributed by atoms with van der Waals surface area (Å²) in [7, 11) is 1.61. The van der Waals surface area contributed by atoms with Crippen molar-refractivity contribution in [2.24, 2.45) is 0 Å². The standard InChI is InChI=1S/C12H14N4O.2ClH/c1-17-11-3-2-8(6-14-11)12-15-9-4-5-13-7-10(9)16-12;;/h2-3,6,13H,4-5,7H2,1H3,(H,15,16);2*1H. The lowest BCUT2D eigenvalue weighted by Gasteiger charge is -2.09. The summed E-state index contributed by atoms with van der Waals surface area (Å²) in [4.78, 5) is 12.1. The van der Waals surface area contributed by atoms with Crippen LogP contribution >= 0.6 is 24.8 Å². The maximum absolute atomic E-state index is 5.03. The fourth-order valence-corrected chi connectivity index (χ4v) is 2.00. The fourth-order valence-electron chi connectivity index (χ4n) is 2.00. The van der Waals surface area contributed by atoms with Gasteiger partial charge in [-0.1, -0.05) is 0 Å². The highest BCUT2D eigenvalue weighted by Crippen LogP contribution is 2.20. The van der Waals surface area contributed by atoms with Crippen molar-refractivity contribution in [1.29, 1.82) is 0 Å². The van der Waals surface area contributed by atoms with Crippen LogP contribution in [0, 0.1) is 0 Å². The maximum atomic E-state index is 5.03. The summed E-state index contributed by atoms with van der Waals surface area (Å²) in [6.45, 7) is 1.87. The molecule has 5 nitrogen and oxygen atoms in total. The monoisotopic (exact) mass is 302 g/mol. The molecule has 7 heteroatoms. The number of halogens is 2. The summed E-state index contributed by atoms with van der Waals surface area (Å²) >= 11 is 0. The number of hydrogen-bond acceptors (Lipinski definition) is 4. The lowest BCUT2D eigenvalue weighted by atomic mass is 10.2. The molecule has 1 aliphatic rings. The first-order valence-electron chi connectivity index (χ1n) is 5.65. The van der Waals surface area contributed by atoms with Gasteiger partial charge in [0.2, 0.25) is 5.88 Å². The first-order valence-corrected chi connectivity index (χ1v) is 5.65. The molecule has 0 aliphatic carbocycles. The molecule has 0 saturated heterocycles. The molecule has 104 valence electrons. The Hall–Kier alpha value is -1.30. The molecule has 2 aromatic heterocycles. The number of nitrogens with zero attached hydrogens (tertiary/aromatic N) is 2. The minimum absolute atomic E-state index is 0. The SMILES string of the molecule is COc1ccc(-c2nc3c([nH]2)CNCC3)cn1.Cl.Cl. The Labute approximate surface area is 124 Å². The second-order valence-corrected chi connectivity index (χ2v) is 4.03. The summed E-state index contributed by atoms with van der Waals surface area (Å²) in [5.74, 6) is 1.50. The van der Waals surface area contributed by atoms with Gasteiger partial charge in [-0.25, -0.2) is 9.97 Å². The van der Waals surface area contributed by atoms with Crippen LogP contribution in [0.25, 0.3) is 11.4 Å². The summed E-state index contributed by atoms with van der Waals surface area (Å²) in [6.07, 6.45) is 2.76. The van der Waals surface area contributed by atoms with Crippen molar-refractivity contribution in [3.63, 3.8) is 0 Å². The lowest BCUT2D eigenvalue weighted by Crippen LogP contribution is -2.23. The first kappa shape index (κ1) is 15.8. The quantitative estimate of drug-likeness (QED) is 0.890. The van der Waals surface area contributed by atoms with Crippen LogP contribution in [0.2, 0.25) is 0 Å². The fraction of sp³-hybridized carbons (Fsp3) is 0.333. The molecule has 0 unspecified atom stereocenters. The van der Waals surface area contributed by atoms with E-state index in [0.717, 1.165) is 36.6 Å². The van der Waals surface area contributed by atoms with Crippen molar-refractivity contribution in [2.45, 2.75) is 13.0 Å². The van der Waals surface area contributed by atoms with Gasteiger partial charge in [-0.05, 0) is 6.07 Å². The Morgan fingerprint density at radius 2 is 2.11 bits per heavy atom. The molecule has 3 rings (SSSR count). The van der Waals surface area contributed by atoms with E-state index in [1.807, 2.05) is 12.1 Å². The molecule has 0 amide bonds. The number of fused-ring (bicyclic) bond motifs is 1. The number of pyridine rings is 1. The van der Waals surface area contributed by atoms with Gasteiger partial charge in [0, 0.05) is 37.3 Å². The van der Waals surface area contributed by atoms with Gasteiger partial charge in [0.15, 0.2) is 0 Å². The van der Waals surface area contributed by atoms with Crippen LogP contribution in [0.15, 0.2) is 18.3 Å². The van der Waals surface area contributed by atoms with Crippen LogP contribution in [-0.4, -0.2) is 28.6 Å². The Kier molecular flexibility index (Phi) is 5.60. The van der Waals surface area contributed by atoms with Gasteiger partial charge in [-0.2, -0.15) is 0 Å². The highest BCUT2D eigenvalue weighted by molar-refractivity contribution is 5.85. The molecule has 3 heterocycles. The van der Waals surface area contributed by atoms with Gasteiger partial charge in [0.05, 0.1) is 18.5 Å². The maximum Gasteiger partial charge on any atom is 0.212 e. The minimum Gasteiger partial charge on any atom is -0.481 e. The largest absolute Gasteiger partial charge is 0.481 e. The molecule has 0 aromatic carbocycles. The van der Waals surface area contributed by atoms with Crippen LogP contribution in [0.3, 0.4) is 0 Å². The van der Waals surface area contributed by atoms with Crippen LogP contribution in [-0.2, 0) is 13.0 Å². The van der Waals surface area contributed by atoms with Crippen molar-refractivity contribution in [1.82, 2.24) is 20.3 Å². The van der Waals surface area contributed by atoms with Gasteiger partial charge in [0.25, 0.3) is 0 Å². The van der Waals surface area contributed by atoms with Gasteiger partial charge in [0.1, 0.15) is 5.82 Å². The predicted molar refractivity (Wildman–Crippen MR) is 78.3 cm³/mol. The molecular formula is C12H16Cl2N4O. The van der Waals surface area contributed by atoms with Crippen LogP contribution in [0.1, 0.15) is 11.4 Å². The number of H-pyrrole nitrogens is 1. The van der Waals surface area contributed by atoms with Crippen molar-refractivity contribution >= 4 is 24.8 Å². The molecule has 2 N–H and O–H groups in total. The highest BCUT2D eigenvalue weighted by atomic mass is 35.5. The Morgan fingerprint density at radius 3 is 2.74 bits per heavy atom. The molecule has 2 aromatic rings. The highest BCUT2D eigenvalue weighted by Gasteiger charge is 2.14.